The van der Waals surface area contributed by atoms with Gasteiger partial charge in [-0.1, -0.05) is 53.2 Å². The number of nitrogens with one attached hydrogen (secondary N) is 1. The molecule has 1 unspecified atom stereocenters. The number of halogens is 2. The Hall–Kier alpha value is -3.41. The predicted molar refractivity (Wildman–Crippen MR) is 173 cm³/mol. The molecule has 2 aromatic carbocycles. The summed E-state index contributed by atoms with van der Waals surface area (Å²) in [5.41, 5.74) is 1.71. The van der Waals surface area contributed by atoms with Gasteiger partial charge in [0.1, 0.15) is 16.7 Å². The normalized spacial score (nSPS) is 17.2. The molecule has 2 saturated heterocycles. The van der Waals surface area contributed by atoms with E-state index >= 15 is 0 Å². The van der Waals surface area contributed by atoms with Crippen LogP contribution in [0.25, 0.3) is 0 Å². The van der Waals surface area contributed by atoms with Crippen molar-refractivity contribution in [2.24, 2.45) is 0 Å². The average molecular weight is 645 g/mol. The second-order valence-corrected chi connectivity index (χ2v) is 12.1. The number of nitrogens with zero attached hydrogens (tertiary/aromatic N) is 6. The van der Waals surface area contributed by atoms with Gasteiger partial charge in [-0.2, -0.15) is 0 Å². The Balaban J connectivity index is 1.13. The molecule has 228 valence electrons. The highest BCUT2D eigenvalue weighted by Crippen LogP contribution is 2.29. The molecule has 2 aliphatic rings. The van der Waals surface area contributed by atoms with Gasteiger partial charge in [-0.15, -0.1) is 0 Å². The lowest BCUT2D eigenvalue weighted by Gasteiger charge is -2.40. The zero-order chi connectivity index (χ0) is 30.3. The molecule has 13 heteroatoms. The first kappa shape index (κ1) is 31.0. The number of para-hydroxylation sites is 2. The van der Waals surface area contributed by atoms with Gasteiger partial charge in [0.2, 0.25) is 5.91 Å². The average Bonchev–Trinajstić information content (AvgIpc) is 3.00. The summed E-state index contributed by atoms with van der Waals surface area (Å²) in [5, 5.41) is 4.25. The molecular formula is C30H35Cl2N7O3S. The number of piperazine rings is 2. The SMILES string of the molecule is CCOc1ccccc1N1CCN(C(=O)CSc2nc(Cl)cc(N3CCN(C(=O)Nc4cccc(Cl)c4)C(C)C3)n2)CC1. The minimum atomic E-state index is -0.177. The minimum absolute atomic E-state index is 0.0424. The summed E-state index contributed by atoms with van der Waals surface area (Å²) in [7, 11) is 0. The summed E-state index contributed by atoms with van der Waals surface area (Å²) >= 11 is 13.7. The fourth-order valence-electron chi connectivity index (χ4n) is 5.25. The standard InChI is InChI=1S/C30H35Cl2N7O3S/c1-3-42-25-10-5-4-9-24(25)36-11-13-37(14-12-36)28(40)20-43-29-34-26(32)18-27(35-29)38-15-16-39(21(2)19-38)30(41)33-23-8-6-7-22(31)17-23/h4-10,17-18,21H,3,11-16,19-20H2,1-2H3,(H,33,41). The van der Waals surface area contributed by atoms with Crippen LogP contribution in [-0.4, -0.2) is 95.9 Å². The molecule has 3 heterocycles. The summed E-state index contributed by atoms with van der Waals surface area (Å²) in [5.74, 6) is 1.81. The van der Waals surface area contributed by atoms with Crippen molar-refractivity contribution in [2.75, 3.05) is 73.3 Å². The Bertz CT molecular complexity index is 1440. The van der Waals surface area contributed by atoms with Gasteiger partial charge in [0.25, 0.3) is 0 Å². The van der Waals surface area contributed by atoms with Gasteiger partial charge in [-0.05, 0) is 44.2 Å². The molecule has 0 spiro atoms. The van der Waals surface area contributed by atoms with E-state index in [0.29, 0.717) is 66.2 Å². The molecule has 5 rings (SSSR count). The third-order valence-corrected chi connectivity index (χ3v) is 8.67. The Morgan fingerprint density at radius 3 is 2.49 bits per heavy atom. The zero-order valence-electron chi connectivity index (χ0n) is 24.2. The fraction of sp³-hybridized carbons (Fsp3) is 0.400. The molecule has 1 N–H and O–H groups in total. The number of carbonyl (C=O) groups excluding carboxylic acids is 2. The lowest BCUT2D eigenvalue weighted by molar-refractivity contribution is -0.128. The summed E-state index contributed by atoms with van der Waals surface area (Å²) in [6.45, 7) is 8.99. The van der Waals surface area contributed by atoms with Crippen LogP contribution < -0.4 is 19.9 Å². The van der Waals surface area contributed by atoms with E-state index in [-0.39, 0.29) is 23.7 Å². The number of aromatic nitrogens is 2. The van der Waals surface area contributed by atoms with Crippen LogP contribution in [0.5, 0.6) is 5.75 Å². The summed E-state index contributed by atoms with van der Waals surface area (Å²) in [4.78, 5) is 43.1. The first-order valence-electron chi connectivity index (χ1n) is 14.3. The molecule has 0 saturated carbocycles. The molecular weight excluding hydrogens is 609 g/mol. The summed E-state index contributed by atoms with van der Waals surface area (Å²) in [6, 6.07) is 16.6. The molecule has 3 aromatic rings. The van der Waals surface area contributed by atoms with Crippen LogP contribution in [0.15, 0.2) is 59.8 Å². The van der Waals surface area contributed by atoms with E-state index in [4.69, 9.17) is 32.9 Å². The molecule has 0 bridgehead atoms. The topological polar surface area (TPSA) is 94.1 Å². The van der Waals surface area contributed by atoms with Crippen molar-refractivity contribution < 1.29 is 14.3 Å². The molecule has 0 aliphatic carbocycles. The number of anilines is 3. The van der Waals surface area contributed by atoms with Crippen LogP contribution in [0.1, 0.15) is 13.8 Å². The molecule has 43 heavy (non-hydrogen) atoms. The Labute approximate surface area is 266 Å². The maximum Gasteiger partial charge on any atom is 0.322 e. The van der Waals surface area contributed by atoms with Gasteiger partial charge < -0.3 is 29.7 Å². The van der Waals surface area contributed by atoms with Gasteiger partial charge in [0, 0.05) is 68.6 Å². The highest BCUT2D eigenvalue weighted by Gasteiger charge is 2.29. The van der Waals surface area contributed by atoms with Crippen molar-refractivity contribution in [1.29, 1.82) is 0 Å². The van der Waals surface area contributed by atoms with Gasteiger partial charge in [0.05, 0.1) is 18.0 Å². The number of rotatable bonds is 8. The van der Waals surface area contributed by atoms with Gasteiger partial charge in [-0.3, -0.25) is 4.79 Å². The van der Waals surface area contributed by atoms with E-state index in [1.54, 1.807) is 35.2 Å². The van der Waals surface area contributed by atoms with Gasteiger partial charge in [0.15, 0.2) is 5.16 Å². The number of hydrogen-bond donors (Lipinski definition) is 1. The number of thioether (sulfide) groups is 1. The maximum absolute atomic E-state index is 13.1. The molecule has 0 radical (unpaired) electrons. The van der Waals surface area contributed by atoms with Gasteiger partial charge in [-0.25, -0.2) is 14.8 Å². The number of carbonyl (C=O) groups is 2. The zero-order valence-corrected chi connectivity index (χ0v) is 26.5. The van der Waals surface area contributed by atoms with Crippen molar-refractivity contribution in [3.8, 4) is 5.75 Å². The van der Waals surface area contributed by atoms with E-state index in [1.807, 2.05) is 36.9 Å². The highest BCUT2D eigenvalue weighted by molar-refractivity contribution is 7.99. The Morgan fingerprint density at radius 2 is 1.74 bits per heavy atom. The number of benzene rings is 2. The van der Waals surface area contributed by atoms with Gasteiger partial charge >= 0.3 is 6.03 Å². The lowest BCUT2D eigenvalue weighted by Crippen LogP contribution is -2.55. The molecule has 2 fully saturated rings. The largest absolute Gasteiger partial charge is 0.492 e. The second kappa shape index (κ2) is 14.4. The molecule has 10 nitrogen and oxygen atoms in total. The van der Waals surface area contributed by atoms with Crippen LogP contribution in [0.2, 0.25) is 10.2 Å². The smallest absolute Gasteiger partial charge is 0.322 e. The Kier molecular flexibility index (Phi) is 10.4. The monoisotopic (exact) mass is 643 g/mol. The number of urea groups is 1. The minimum Gasteiger partial charge on any atom is -0.492 e. The lowest BCUT2D eigenvalue weighted by atomic mass is 10.2. The summed E-state index contributed by atoms with van der Waals surface area (Å²) in [6.07, 6.45) is 0. The third kappa shape index (κ3) is 7.95. The van der Waals surface area contributed by atoms with Crippen LogP contribution >= 0.6 is 35.0 Å². The fourth-order valence-corrected chi connectivity index (χ4v) is 6.43. The maximum atomic E-state index is 13.1. The van der Waals surface area contributed by atoms with Crippen LogP contribution in [0.3, 0.4) is 0 Å². The van der Waals surface area contributed by atoms with Crippen LogP contribution in [0.4, 0.5) is 22.0 Å². The van der Waals surface area contributed by atoms with Crippen molar-refractivity contribution in [1.82, 2.24) is 19.8 Å². The molecule has 3 amide bonds. The van der Waals surface area contributed by atoms with E-state index in [0.717, 1.165) is 24.5 Å². The first-order chi connectivity index (χ1) is 20.8. The van der Waals surface area contributed by atoms with Crippen molar-refractivity contribution in [2.45, 2.75) is 25.0 Å². The van der Waals surface area contributed by atoms with E-state index in [1.165, 1.54) is 11.8 Å². The number of hydrogen-bond acceptors (Lipinski definition) is 8. The van der Waals surface area contributed by atoms with Crippen LogP contribution in [0, 0.1) is 0 Å². The summed E-state index contributed by atoms with van der Waals surface area (Å²) < 4.78 is 5.78. The predicted octanol–water partition coefficient (Wildman–Crippen LogP) is 5.37. The van der Waals surface area contributed by atoms with Crippen molar-refractivity contribution in [3.63, 3.8) is 0 Å². The van der Waals surface area contributed by atoms with Crippen molar-refractivity contribution in [3.05, 3.63) is 64.8 Å². The van der Waals surface area contributed by atoms with E-state index < -0.39 is 0 Å². The second-order valence-electron chi connectivity index (χ2n) is 10.3. The third-order valence-electron chi connectivity index (χ3n) is 7.41. The van der Waals surface area contributed by atoms with E-state index in [2.05, 4.69) is 26.2 Å². The Morgan fingerprint density at radius 1 is 0.977 bits per heavy atom. The number of ether oxygens (including phenoxy) is 1. The molecule has 1 atom stereocenters. The molecule has 2 aliphatic heterocycles. The van der Waals surface area contributed by atoms with Crippen molar-refractivity contribution >= 4 is 64.1 Å². The molecule has 1 aromatic heterocycles. The first-order valence-corrected chi connectivity index (χ1v) is 16.0. The number of amides is 3. The van der Waals surface area contributed by atoms with E-state index in [9.17, 15) is 9.59 Å². The highest BCUT2D eigenvalue weighted by atomic mass is 35.5. The quantitative estimate of drug-likeness (QED) is 0.199. The van der Waals surface area contributed by atoms with Crippen LogP contribution in [-0.2, 0) is 4.79 Å².